The summed E-state index contributed by atoms with van der Waals surface area (Å²) in [5, 5.41) is 3.34. The van der Waals surface area contributed by atoms with Crippen LogP contribution in [0.5, 0.6) is 0 Å². The highest BCUT2D eigenvalue weighted by Crippen LogP contribution is 2.32. The monoisotopic (exact) mass is 221 g/mol. The lowest BCUT2D eigenvalue weighted by molar-refractivity contribution is -0.129. The molecule has 1 aromatic rings. The molecular formula is C13H19NO2. The number of nitrogens with one attached hydrogen (secondary N) is 1. The fourth-order valence-electron chi connectivity index (χ4n) is 2.47. The number of piperidine rings is 1. The topological polar surface area (TPSA) is 42.2 Å². The van der Waals surface area contributed by atoms with Crippen molar-refractivity contribution in [3.05, 3.63) is 24.2 Å². The maximum atomic E-state index is 12.3. The van der Waals surface area contributed by atoms with Crippen molar-refractivity contribution in [2.24, 2.45) is 5.41 Å². The first-order valence-corrected chi connectivity index (χ1v) is 6.02. The molecule has 1 aromatic heterocycles. The van der Waals surface area contributed by atoms with Gasteiger partial charge in [0.25, 0.3) is 0 Å². The third-order valence-corrected chi connectivity index (χ3v) is 3.69. The van der Waals surface area contributed by atoms with Gasteiger partial charge in [-0.25, -0.2) is 0 Å². The summed E-state index contributed by atoms with van der Waals surface area (Å²) in [4.78, 5) is 12.3. The van der Waals surface area contributed by atoms with Crippen molar-refractivity contribution in [3.8, 4) is 0 Å². The summed E-state index contributed by atoms with van der Waals surface area (Å²) in [6.45, 7) is 3.99. The van der Waals surface area contributed by atoms with E-state index in [4.69, 9.17) is 4.42 Å². The van der Waals surface area contributed by atoms with E-state index in [0.29, 0.717) is 12.2 Å². The first-order valence-electron chi connectivity index (χ1n) is 6.02. The van der Waals surface area contributed by atoms with Crippen molar-refractivity contribution in [1.29, 1.82) is 0 Å². The summed E-state index contributed by atoms with van der Waals surface area (Å²) in [5.74, 6) is 0.351. The number of furan rings is 1. The van der Waals surface area contributed by atoms with Crippen molar-refractivity contribution in [2.75, 3.05) is 13.1 Å². The van der Waals surface area contributed by atoms with Gasteiger partial charge in [0.15, 0.2) is 0 Å². The van der Waals surface area contributed by atoms with Gasteiger partial charge in [-0.15, -0.1) is 0 Å². The lowest BCUT2D eigenvalue weighted by atomic mass is 9.73. The second-order valence-electron chi connectivity index (χ2n) is 4.65. The van der Waals surface area contributed by atoms with Gasteiger partial charge in [-0.3, -0.25) is 4.79 Å². The van der Waals surface area contributed by atoms with Crippen molar-refractivity contribution in [1.82, 2.24) is 5.32 Å². The van der Waals surface area contributed by atoms with Gasteiger partial charge in [-0.05, 0) is 37.4 Å². The highest BCUT2D eigenvalue weighted by molar-refractivity contribution is 5.87. The van der Waals surface area contributed by atoms with E-state index in [1.807, 2.05) is 6.07 Å². The van der Waals surface area contributed by atoms with E-state index < -0.39 is 0 Å². The zero-order valence-corrected chi connectivity index (χ0v) is 9.79. The van der Waals surface area contributed by atoms with E-state index in [1.165, 1.54) is 0 Å². The molecule has 1 fully saturated rings. The Morgan fingerprint density at radius 3 is 3.06 bits per heavy atom. The van der Waals surface area contributed by atoms with Crippen LogP contribution in [-0.2, 0) is 11.2 Å². The maximum absolute atomic E-state index is 12.3. The third kappa shape index (κ3) is 2.19. The zero-order chi connectivity index (χ0) is 11.4. The molecule has 1 aliphatic heterocycles. The Morgan fingerprint density at radius 2 is 2.50 bits per heavy atom. The van der Waals surface area contributed by atoms with Crippen molar-refractivity contribution >= 4 is 5.78 Å². The molecule has 0 aliphatic carbocycles. The van der Waals surface area contributed by atoms with Gasteiger partial charge in [0.05, 0.1) is 12.5 Å². The standard InChI is InChI=1S/C13H19NO2/c1-2-13(5-3-6-14-10-13)12(15)8-11-4-7-16-9-11/h4,7,9,14H,2-3,5-6,8,10H2,1H3. The number of carbonyl (C=O) groups is 1. The summed E-state index contributed by atoms with van der Waals surface area (Å²) in [5.41, 5.74) is 0.846. The van der Waals surface area contributed by atoms with Crippen LogP contribution >= 0.6 is 0 Å². The molecule has 1 N–H and O–H groups in total. The van der Waals surface area contributed by atoms with Crippen molar-refractivity contribution < 1.29 is 9.21 Å². The molecule has 16 heavy (non-hydrogen) atoms. The minimum absolute atomic E-state index is 0.143. The van der Waals surface area contributed by atoms with Crippen LogP contribution in [0.25, 0.3) is 0 Å². The Balaban J connectivity index is 2.06. The van der Waals surface area contributed by atoms with Gasteiger partial charge in [0.2, 0.25) is 0 Å². The molecule has 2 heterocycles. The van der Waals surface area contributed by atoms with E-state index >= 15 is 0 Å². The van der Waals surface area contributed by atoms with Crippen LogP contribution in [0.4, 0.5) is 0 Å². The molecule has 88 valence electrons. The Kier molecular flexibility index (Phi) is 3.44. The first-order chi connectivity index (χ1) is 7.77. The van der Waals surface area contributed by atoms with Crippen molar-refractivity contribution in [3.63, 3.8) is 0 Å². The first kappa shape index (κ1) is 11.4. The van der Waals surface area contributed by atoms with Crippen LogP contribution in [0.15, 0.2) is 23.0 Å². The van der Waals surface area contributed by atoms with Gasteiger partial charge >= 0.3 is 0 Å². The fraction of sp³-hybridized carbons (Fsp3) is 0.615. The van der Waals surface area contributed by atoms with E-state index in [9.17, 15) is 4.79 Å². The molecule has 1 unspecified atom stereocenters. The maximum Gasteiger partial charge on any atom is 0.144 e. The molecule has 3 heteroatoms. The summed E-state index contributed by atoms with van der Waals surface area (Å²) < 4.78 is 5.00. The minimum Gasteiger partial charge on any atom is -0.472 e. The average molecular weight is 221 g/mol. The second kappa shape index (κ2) is 4.83. The molecule has 0 radical (unpaired) electrons. The summed E-state index contributed by atoms with van der Waals surface area (Å²) >= 11 is 0. The number of rotatable bonds is 4. The zero-order valence-electron chi connectivity index (χ0n) is 9.79. The number of hydrogen-bond donors (Lipinski definition) is 1. The van der Waals surface area contributed by atoms with E-state index in [-0.39, 0.29) is 5.41 Å². The average Bonchev–Trinajstić information content (AvgIpc) is 2.82. The molecule has 1 aliphatic rings. The number of carbonyl (C=O) groups excluding carboxylic acids is 1. The van der Waals surface area contributed by atoms with Crippen LogP contribution in [0.2, 0.25) is 0 Å². The third-order valence-electron chi connectivity index (χ3n) is 3.69. The summed E-state index contributed by atoms with van der Waals surface area (Å²) in [6.07, 6.45) is 6.85. The molecule has 0 amide bonds. The van der Waals surface area contributed by atoms with Crippen LogP contribution in [-0.4, -0.2) is 18.9 Å². The van der Waals surface area contributed by atoms with Crippen LogP contribution in [0.3, 0.4) is 0 Å². The molecule has 0 bridgehead atoms. The molecular weight excluding hydrogens is 202 g/mol. The van der Waals surface area contributed by atoms with E-state index in [0.717, 1.165) is 37.9 Å². The van der Waals surface area contributed by atoms with Crippen molar-refractivity contribution in [2.45, 2.75) is 32.6 Å². The lowest BCUT2D eigenvalue weighted by Gasteiger charge is -2.35. The number of Topliss-reactive ketones (excluding diaryl/α,β-unsaturated/α-hetero) is 1. The predicted molar refractivity (Wildman–Crippen MR) is 62.2 cm³/mol. The highest BCUT2D eigenvalue weighted by Gasteiger charge is 2.37. The van der Waals surface area contributed by atoms with Gasteiger partial charge in [-0.2, -0.15) is 0 Å². The minimum atomic E-state index is -0.143. The molecule has 0 spiro atoms. The summed E-state index contributed by atoms with van der Waals surface area (Å²) in [6, 6.07) is 1.87. The van der Waals surface area contributed by atoms with Gasteiger partial charge in [0.1, 0.15) is 5.78 Å². The summed E-state index contributed by atoms with van der Waals surface area (Å²) in [7, 11) is 0. The largest absolute Gasteiger partial charge is 0.472 e. The molecule has 3 nitrogen and oxygen atoms in total. The Bertz CT molecular complexity index is 337. The van der Waals surface area contributed by atoms with E-state index in [2.05, 4.69) is 12.2 Å². The normalized spacial score (nSPS) is 25.6. The fourth-order valence-corrected chi connectivity index (χ4v) is 2.47. The molecule has 1 atom stereocenters. The smallest absolute Gasteiger partial charge is 0.144 e. The second-order valence-corrected chi connectivity index (χ2v) is 4.65. The van der Waals surface area contributed by atoms with E-state index in [1.54, 1.807) is 12.5 Å². The SMILES string of the molecule is CCC1(C(=O)Cc2ccoc2)CCCNC1. The van der Waals surface area contributed by atoms with Gasteiger partial charge < -0.3 is 9.73 Å². The Hall–Kier alpha value is -1.09. The predicted octanol–water partition coefficient (Wildman–Crippen LogP) is 2.17. The van der Waals surface area contributed by atoms with Crippen LogP contribution < -0.4 is 5.32 Å². The molecule has 2 rings (SSSR count). The number of ketones is 1. The van der Waals surface area contributed by atoms with Gasteiger partial charge in [0, 0.05) is 18.4 Å². The Labute approximate surface area is 96.2 Å². The van der Waals surface area contributed by atoms with Gasteiger partial charge in [-0.1, -0.05) is 6.92 Å². The molecule has 1 saturated heterocycles. The highest BCUT2D eigenvalue weighted by atomic mass is 16.3. The molecule has 0 aromatic carbocycles. The molecule has 0 saturated carbocycles. The van der Waals surface area contributed by atoms with Crippen LogP contribution in [0, 0.1) is 5.41 Å². The van der Waals surface area contributed by atoms with Crippen LogP contribution in [0.1, 0.15) is 31.7 Å². The Morgan fingerprint density at radius 1 is 1.62 bits per heavy atom. The number of hydrogen-bond acceptors (Lipinski definition) is 3. The lowest BCUT2D eigenvalue weighted by Crippen LogP contribution is -2.45. The quantitative estimate of drug-likeness (QED) is 0.847.